The van der Waals surface area contributed by atoms with Crippen LogP contribution in [0.15, 0.2) is 11.3 Å². The van der Waals surface area contributed by atoms with Crippen LogP contribution >= 0.6 is 11.8 Å². The van der Waals surface area contributed by atoms with Gasteiger partial charge in [-0.05, 0) is 12.5 Å². The van der Waals surface area contributed by atoms with Gasteiger partial charge in [0, 0.05) is 10.7 Å². The van der Waals surface area contributed by atoms with Crippen molar-refractivity contribution in [2.24, 2.45) is 0 Å². The van der Waals surface area contributed by atoms with Gasteiger partial charge in [0.05, 0.1) is 0 Å². The second kappa shape index (κ2) is 5.12. The summed E-state index contributed by atoms with van der Waals surface area (Å²) in [7, 11) is 0. The van der Waals surface area contributed by atoms with Crippen molar-refractivity contribution < 1.29 is 24.4 Å². The lowest BCUT2D eigenvalue weighted by Gasteiger charge is -2.49. The minimum Gasteiger partial charge on any atom is -0.477 e. The van der Waals surface area contributed by atoms with Crippen molar-refractivity contribution in [3.8, 4) is 0 Å². The normalized spacial score (nSPS) is 24.9. The van der Waals surface area contributed by atoms with Crippen LogP contribution in [0.2, 0.25) is 0 Å². The summed E-state index contributed by atoms with van der Waals surface area (Å²) < 4.78 is 0. The Morgan fingerprint density at radius 3 is 2.80 bits per heavy atom. The number of hydrogen-bond acceptors (Lipinski definition) is 6. The maximum Gasteiger partial charge on any atom is 0.352 e. The molecule has 1 fully saturated rings. The van der Waals surface area contributed by atoms with Crippen molar-refractivity contribution in [3.05, 3.63) is 21.4 Å². The molecule has 108 valence electrons. The highest BCUT2D eigenvalue weighted by Crippen LogP contribution is 2.39. The number of rotatable bonds is 4. The van der Waals surface area contributed by atoms with Gasteiger partial charge in [-0.1, -0.05) is 0 Å². The first-order valence-electron chi connectivity index (χ1n) is 5.61. The third-order valence-corrected chi connectivity index (χ3v) is 4.37. The van der Waals surface area contributed by atoms with Crippen LogP contribution in [0.25, 0.3) is 0 Å². The molecule has 0 aromatic heterocycles. The summed E-state index contributed by atoms with van der Waals surface area (Å²) >= 11 is 1.31. The van der Waals surface area contributed by atoms with Crippen molar-refractivity contribution >= 4 is 29.5 Å². The van der Waals surface area contributed by atoms with Crippen molar-refractivity contribution in [1.82, 2.24) is 10.2 Å². The van der Waals surface area contributed by atoms with Crippen molar-refractivity contribution in [1.29, 1.82) is 0 Å². The van der Waals surface area contributed by atoms with Crippen LogP contribution in [-0.4, -0.2) is 56.4 Å². The van der Waals surface area contributed by atoms with E-state index in [0.717, 1.165) is 4.90 Å². The van der Waals surface area contributed by atoms with E-state index < -0.39 is 40.7 Å². The molecule has 2 N–H and O–H groups in total. The number of carboxylic acids is 1. The maximum atomic E-state index is 11.9. The molecule has 0 aliphatic carbocycles. The SMILES string of the molecule is CC1=C(C(=O)O)N2C(=O)C(NC(=O)C[N+](=O)[O-])[C@@H]2SC1. The zero-order valence-electron chi connectivity index (χ0n) is 10.4. The van der Waals surface area contributed by atoms with E-state index in [1.165, 1.54) is 11.8 Å². The molecule has 0 radical (unpaired) electrons. The summed E-state index contributed by atoms with van der Waals surface area (Å²) in [5, 5.41) is 21.0. The fourth-order valence-electron chi connectivity index (χ4n) is 2.11. The van der Waals surface area contributed by atoms with Crippen molar-refractivity contribution in [2.75, 3.05) is 12.3 Å². The standard InChI is InChI=1S/C10H11N3O6S/c1-4-3-20-9-6(11-5(14)2-12(18)19)8(15)13(9)7(4)10(16)17/h6,9H,2-3H2,1H3,(H,11,14)(H,16,17)/t6?,9-/m0/s1. The monoisotopic (exact) mass is 301 g/mol. The Kier molecular flexibility index (Phi) is 3.66. The molecule has 2 rings (SSSR count). The Morgan fingerprint density at radius 2 is 2.25 bits per heavy atom. The van der Waals surface area contributed by atoms with Gasteiger partial charge in [-0.3, -0.25) is 24.6 Å². The summed E-state index contributed by atoms with van der Waals surface area (Å²) in [6.07, 6.45) is 0. The van der Waals surface area contributed by atoms with Gasteiger partial charge < -0.3 is 10.4 Å². The third-order valence-electron chi connectivity index (χ3n) is 2.95. The van der Waals surface area contributed by atoms with E-state index in [-0.39, 0.29) is 5.70 Å². The van der Waals surface area contributed by atoms with Gasteiger partial charge in [0.1, 0.15) is 17.1 Å². The minimum atomic E-state index is -1.20. The van der Waals surface area contributed by atoms with Crippen LogP contribution in [0, 0.1) is 10.1 Å². The van der Waals surface area contributed by atoms with Gasteiger partial charge in [-0.2, -0.15) is 0 Å². The number of nitrogens with zero attached hydrogens (tertiary/aromatic N) is 2. The first-order chi connectivity index (χ1) is 9.32. The number of carboxylic acid groups (broad SMARTS) is 1. The summed E-state index contributed by atoms with van der Waals surface area (Å²) in [6, 6.07) is -0.908. The Balaban J connectivity index is 2.10. The number of nitro groups is 1. The molecular weight excluding hydrogens is 290 g/mol. The molecule has 20 heavy (non-hydrogen) atoms. The summed E-state index contributed by atoms with van der Waals surface area (Å²) in [5.41, 5.74) is 0.501. The second-order valence-corrected chi connectivity index (χ2v) is 5.48. The molecule has 0 saturated carbocycles. The first kappa shape index (κ1) is 14.3. The number of thioether (sulfide) groups is 1. The van der Waals surface area contributed by atoms with Crippen LogP contribution in [0.4, 0.5) is 0 Å². The highest BCUT2D eigenvalue weighted by atomic mass is 32.2. The van der Waals surface area contributed by atoms with E-state index in [4.69, 9.17) is 5.11 Å². The average molecular weight is 301 g/mol. The predicted octanol–water partition coefficient (Wildman–Crippen LogP) is -0.978. The van der Waals surface area contributed by atoms with Crippen LogP contribution in [0.1, 0.15) is 6.92 Å². The molecule has 1 unspecified atom stereocenters. The minimum absolute atomic E-state index is 0.0708. The van der Waals surface area contributed by atoms with E-state index in [1.54, 1.807) is 6.92 Å². The lowest BCUT2D eigenvalue weighted by atomic mass is 10.0. The predicted molar refractivity (Wildman–Crippen MR) is 67.2 cm³/mol. The van der Waals surface area contributed by atoms with Gasteiger partial charge in [-0.15, -0.1) is 11.8 Å². The topological polar surface area (TPSA) is 130 Å². The zero-order chi connectivity index (χ0) is 15.0. The van der Waals surface area contributed by atoms with Gasteiger partial charge in [0.25, 0.3) is 18.4 Å². The summed E-state index contributed by atoms with van der Waals surface area (Å²) in [5.74, 6) is -2.19. The molecule has 2 heterocycles. The number of fused-ring (bicyclic) bond motifs is 1. The number of β-lactam (4-membered cyclic amide) rings is 1. The number of carbonyl (C=O) groups excluding carboxylic acids is 2. The van der Waals surface area contributed by atoms with Crippen molar-refractivity contribution in [2.45, 2.75) is 18.3 Å². The molecule has 0 aromatic carbocycles. The molecule has 2 amide bonds. The van der Waals surface area contributed by atoms with Gasteiger partial charge in [0.15, 0.2) is 0 Å². The number of amides is 2. The number of nitrogens with one attached hydrogen (secondary N) is 1. The first-order valence-corrected chi connectivity index (χ1v) is 6.66. The quantitative estimate of drug-likeness (QED) is 0.388. The van der Waals surface area contributed by atoms with E-state index in [1.807, 2.05) is 0 Å². The zero-order valence-corrected chi connectivity index (χ0v) is 11.2. The molecule has 0 aromatic rings. The Hall–Kier alpha value is -2.10. The Morgan fingerprint density at radius 1 is 1.60 bits per heavy atom. The lowest BCUT2D eigenvalue weighted by Crippen LogP contribution is -2.70. The fraction of sp³-hybridized carbons (Fsp3) is 0.500. The highest BCUT2D eigenvalue weighted by molar-refractivity contribution is 8.00. The van der Waals surface area contributed by atoms with Gasteiger partial charge in [0.2, 0.25) is 0 Å². The average Bonchev–Trinajstić information content (AvgIpc) is 2.34. The van der Waals surface area contributed by atoms with E-state index in [2.05, 4.69) is 5.32 Å². The largest absolute Gasteiger partial charge is 0.477 e. The van der Waals surface area contributed by atoms with E-state index in [9.17, 15) is 24.5 Å². The molecular formula is C10H11N3O6S. The van der Waals surface area contributed by atoms with Crippen molar-refractivity contribution in [3.63, 3.8) is 0 Å². The maximum absolute atomic E-state index is 11.9. The smallest absolute Gasteiger partial charge is 0.352 e. The second-order valence-electron chi connectivity index (χ2n) is 4.38. The Bertz CT molecular complexity index is 545. The van der Waals surface area contributed by atoms with Crippen LogP contribution in [-0.2, 0) is 14.4 Å². The molecule has 2 aliphatic heterocycles. The molecule has 2 aliphatic rings. The molecule has 10 heteroatoms. The molecule has 0 spiro atoms. The molecule has 2 atom stereocenters. The number of hydrogen-bond donors (Lipinski definition) is 2. The van der Waals surface area contributed by atoms with E-state index >= 15 is 0 Å². The van der Waals surface area contributed by atoms with Gasteiger partial charge in [-0.25, -0.2) is 4.79 Å². The molecule has 0 bridgehead atoms. The summed E-state index contributed by atoms with van der Waals surface area (Å²) in [4.78, 5) is 44.9. The third kappa shape index (κ3) is 2.33. The van der Waals surface area contributed by atoms with Crippen LogP contribution in [0.3, 0.4) is 0 Å². The number of aliphatic carboxylic acids is 1. The highest BCUT2D eigenvalue weighted by Gasteiger charge is 2.53. The lowest BCUT2D eigenvalue weighted by molar-refractivity contribution is -0.467. The van der Waals surface area contributed by atoms with Crippen LogP contribution in [0.5, 0.6) is 0 Å². The number of carbonyl (C=O) groups is 3. The van der Waals surface area contributed by atoms with Gasteiger partial charge >= 0.3 is 5.97 Å². The Labute approximate surface area is 117 Å². The molecule has 9 nitrogen and oxygen atoms in total. The van der Waals surface area contributed by atoms with Crippen LogP contribution < -0.4 is 5.32 Å². The van der Waals surface area contributed by atoms with E-state index in [0.29, 0.717) is 11.3 Å². The molecule has 1 saturated heterocycles. The fourth-order valence-corrected chi connectivity index (χ4v) is 3.40. The summed E-state index contributed by atoms with van der Waals surface area (Å²) in [6.45, 7) is 0.709.